The van der Waals surface area contributed by atoms with Crippen LogP contribution in [0.5, 0.6) is 5.75 Å². The summed E-state index contributed by atoms with van der Waals surface area (Å²) in [5, 5.41) is 0.669. The Kier molecular flexibility index (Phi) is 15.3. The molecule has 0 unspecified atom stereocenters. The summed E-state index contributed by atoms with van der Waals surface area (Å²) in [6.45, 7) is 17.0. The molecule has 1 aliphatic carbocycles. The third-order valence-electron chi connectivity index (χ3n) is 5.45. The third kappa shape index (κ3) is 12.6. The monoisotopic (exact) mass is 533 g/mol. The van der Waals surface area contributed by atoms with Crippen molar-refractivity contribution < 1.29 is 4.74 Å². The highest BCUT2D eigenvalue weighted by atomic mass is 35.5. The Hall–Kier alpha value is -3.50. The Morgan fingerprint density at radius 1 is 1.16 bits per heavy atom. The number of hydrogen-bond donors (Lipinski definition) is 2. The van der Waals surface area contributed by atoms with Gasteiger partial charge in [0.15, 0.2) is 0 Å². The summed E-state index contributed by atoms with van der Waals surface area (Å²) in [5.74, 6) is 0.744. The number of rotatable bonds is 8. The Labute approximate surface area is 235 Å². The van der Waals surface area contributed by atoms with Crippen molar-refractivity contribution in [3.05, 3.63) is 119 Å². The van der Waals surface area contributed by atoms with Crippen LogP contribution in [0.4, 0.5) is 0 Å². The van der Waals surface area contributed by atoms with E-state index in [1.807, 2.05) is 39.0 Å². The van der Waals surface area contributed by atoms with Gasteiger partial charge in [-0.1, -0.05) is 85.0 Å². The molecule has 0 radical (unpaired) electrons. The second-order valence-electron chi connectivity index (χ2n) is 9.26. The molecule has 2 aromatic rings. The molecule has 0 bridgehead atoms. The van der Waals surface area contributed by atoms with Crippen molar-refractivity contribution >= 4 is 23.0 Å². The van der Waals surface area contributed by atoms with Crippen molar-refractivity contribution in [2.24, 2.45) is 16.5 Å². The van der Waals surface area contributed by atoms with Crippen molar-refractivity contribution in [3.63, 3.8) is 0 Å². The van der Waals surface area contributed by atoms with Crippen molar-refractivity contribution in [3.8, 4) is 5.75 Å². The summed E-state index contributed by atoms with van der Waals surface area (Å²) in [5.41, 5.74) is 18.0. The van der Waals surface area contributed by atoms with E-state index in [9.17, 15) is 0 Å². The van der Waals surface area contributed by atoms with Crippen LogP contribution in [0.3, 0.4) is 0 Å². The highest BCUT2D eigenvalue weighted by Crippen LogP contribution is 2.27. The molecule has 0 saturated carbocycles. The van der Waals surface area contributed by atoms with Gasteiger partial charge in [0.25, 0.3) is 0 Å². The summed E-state index contributed by atoms with van der Waals surface area (Å²) < 4.78 is 5.58. The lowest BCUT2D eigenvalue weighted by Gasteiger charge is -2.12. The Morgan fingerprint density at radius 2 is 1.82 bits per heavy atom. The first-order valence-corrected chi connectivity index (χ1v) is 13.3. The minimum Gasteiger partial charge on any atom is -0.489 e. The van der Waals surface area contributed by atoms with Gasteiger partial charge in [-0.15, -0.1) is 0 Å². The van der Waals surface area contributed by atoms with Crippen LogP contribution in [0.25, 0.3) is 5.70 Å². The maximum Gasteiger partial charge on any atom is 0.138 e. The lowest BCUT2D eigenvalue weighted by atomic mass is 10.0. The predicted molar refractivity (Wildman–Crippen MR) is 168 cm³/mol. The average Bonchev–Trinajstić information content (AvgIpc) is 2.86. The van der Waals surface area contributed by atoms with Crippen molar-refractivity contribution in [1.29, 1.82) is 0 Å². The first-order chi connectivity index (χ1) is 18.1. The Balaban J connectivity index is 0.000000345. The van der Waals surface area contributed by atoms with Gasteiger partial charge in [-0.05, 0) is 88.9 Å². The van der Waals surface area contributed by atoms with Gasteiger partial charge in [-0.25, -0.2) is 0 Å². The number of ether oxygens (including phenoxy) is 1. The topological polar surface area (TPSA) is 73.6 Å². The van der Waals surface area contributed by atoms with Crippen LogP contribution in [0.15, 0.2) is 102 Å². The molecular formula is C33H44ClN3O. The minimum atomic E-state index is 0.138. The van der Waals surface area contributed by atoms with Crippen molar-refractivity contribution in [1.82, 2.24) is 0 Å². The van der Waals surface area contributed by atoms with Crippen LogP contribution in [-0.4, -0.2) is 11.8 Å². The molecule has 38 heavy (non-hydrogen) atoms. The Morgan fingerprint density at radius 3 is 2.34 bits per heavy atom. The van der Waals surface area contributed by atoms with E-state index in [0.717, 1.165) is 48.5 Å². The fourth-order valence-corrected chi connectivity index (χ4v) is 3.77. The summed E-state index contributed by atoms with van der Waals surface area (Å²) in [7, 11) is 0. The fraction of sp³-hybridized carbons (Fsp3) is 0.303. The van der Waals surface area contributed by atoms with Gasteiger partial charge in [0, 0.05) is 17.8 Å². The molecule has 0 aromatic heterocycles. The summed E-state index contributed by atoms with van der Waals surface area (Å²) in [4.78, 5) is 4.79. The molecule has 2 aromatic carbocycles. The molecule has 0 atom stereocenters. The number of nitrogens with two attached hydrogens (primary N) is 2. The predicted octanol–water partition coefficient (Wildman–Crippen LogP) is 8.71. The maximum atomic E-state index is 6.15. The zero-order chi connectivity index (χ0) is 28.5. The SMILES string of the molecule is C/C=C(\N=C1CC=CC=C1C)c1ccc(C)cc1.C=C(N)CCCc1ccc(OC(C)C)c(Cl)c1.C=CN. The first kappa shape index (κ1) is 32.5. The third-order valence-corrected chi connectivity index (χ3v) is 5.74. The number of allylic oxidation sites excluding steroid dienone is 6. The van der Waals surface area contributed by atoms with Gasteiger partial charge in [-0.3, -0.25) is 4.99 Å². The number of halogens is 1. The van der Waals surface area contributed by atoms with E-state index >= 15 is 0 Å². The van der Waals surface area contributed by atoms with Gasteiger partial charge < -0.3 is 16.2 Å². The normalized spacial score (nSPS) is 13.6. The van der Waals surface area contributed by atoms with E-state index in [4.69, 9.17) is 27.1 Å². The van der Waals surface area contributed by atoms with Crippen LogP contribution in [-0.2, 0) is 6.42 Å². The molecule has 0 saturated heterocycles. The smallest absolute Gasteiger partial charge is 0.138 e. The lowest BCUT2D eigenvalue weighted by molar-refractivity contribution is 0.242. The lowest BCUT2D eigenvalue weighted by Crippen LogP contribution is -2.06. The van der Waals surface area contributed by atoms with Crippen LogP contribution in [0.1, 0.15) is 63.6 Å². The molecule has 0 spiro atoms. The fourth-order valence-electron chi connectivity index (χ4n) is 3.52. The van der Waals surface area contributed by atoms with Gasteiger partial charge in [-0.2, -0.15) is 0 Å². The molecule has 4 nitrogen and oxygen atoms in total. The van der Waals surface area contributed by atoms with E-state index < -0.39 is 0 Å². The first-order valence-electron chi connectivity index (χ1n) is 13.0. The standard InChI is InChI=1S/C17H19N.C14H20ClNO.C2H5N/c1-4-16(15-11-9-13(2)10-12-15)18-17-8-6-5-7-14(17)3;1-10(2)17-14-8-7-12(9-13(14)15)6-4-5-11(3)16;1-2-3/h4-7,9-12H,8H2,1-3H3;7-10H,3-6,16H2,1-2H3;2H,1,3H2/b16-4-,18-17?;;. The zero-order valence-electron chi connectivity index (χ0n) is 23.6. The molecule has 4 N–H and O–H groups in total. The second-order valence-corrected chi connectivity index (χ2v) is 9.67. The van der Waals surface area contributed by atoms with E-state index in [1.54, 1.807) is 0 Å². The largest absolute Gasteiger partial charge is 0.489 e. The van der Waals surface area contributed by atoms with Gasteiger partial charge in [0.2, 0.25) is 0 Å². The van der Waals surface area contributed by atoms with E-state index in [1.165, 1.54) is 28.5 Å². The highest BCUT2D eigenvalue weighted by Gasteiger charge is 2.07. The van der Waals surface area contributed by atoms with Crippen LogP contribution in [0.2, 0.25) is 5.02 Å². The molecule has 0 aliphatic heterocycles. The van der Waals surface area contributed by atoms with Crippen LogP contribution >= 0.6 is 11.6 Å². The highest BCUT2D eigenvalue weighted by molar-refractivity contribution is 6.32. The van der Waals surface area contributed by atoms with Crippen LogP contribution < -0.4 is 16.2 Å². The van der Waals surface area contributed by atoms with Crippen molar-refractivity contribution in [2.45, 2.75) is 66.4 Å². The molecule has 0 amide bonds. The average molecular weight is 534 g/mol. The molecule has 1 aliphatic rings. The summed E-state index contributed by atoms with van der Waals surface area (Å²) in [6.07, 6.45) is 13.5. The molecular weight excluding hydrogens is 490 g/mol. The number of benzene rings is 2. The number of aryl methyl sites for hydroxylation is 2. The number of nitrogens with zero attached hydrogens (tertiary/aromatic N) is 1. The maximum absolute atomic E-state index is 6.15. The Bertz CT molecular complexity index is 1160. The number of hydrogen-bond acceptors (Lipinski definition) is 4. The molecule has 204 valence electrons. The summed E-state index contributed by atoms with van der Waals surface area (Å²) in [6, 6.07) is 14.4. The van der Waals surface area contributed by atoms with Crippen molar-refractivity contribution in [2.75, 3.05) is 0 Å². The van der Waals surface area contributed by atoms with E-state index in [2.05, 4.69) is 81.3 Å². The van der Waals surface area contributed by atoms with Crippen LogP contribution in [0, 0.1) is 6.92 Å². The zero-order valence-corrected chi connectivity index (χ0v) is 24.4. The molecule has 5 heteroatoms. The van der Waals surface area contributed by atoms with Gasteiger partial charge >= 0.3 is 0 Å². The summed E-state index contributed by atoms with van der Waals surface area (Å²) >= 11 is 6.15. The van der Waals surface area contributed by atoms with Gasteiger partial charge in [0.05, 0.1) is 16.8 Å². The van der Waals surface area contributed by atoms with E-state index in [-0.39, 0.29) is 6.10 Å². The molecule has 0 heterocycles. The molecule has 3 rings (SSSR count). The minimum absolute atomic E-state index is 0.138. The second kappa shape index (κ2) is 17.9. The van der Waals surface area contributed by atoms with E-state index in [0.29, 0.717) is 5.02 Å². The quantitative estimate of drug-likeness (QED) is 0.356. The molecule has 0 fully saturated rings. The number of aliphatic imine (C=N–C) groups is 1. The van der Waals surface area contributed by atoms with Gasteiger partial charge in [0.1, 0.15) is 5.75 Å².